The van der Waals surface area contributed by atoms with Gasteiger partial charge in [-0.2, -0.15) is 5.26 Å². The van der Waals surface area contributed by atoms with Crippen molar-refractivity contribution in [2.24, 2.45) is 0 Å². The fourth-order valence-corrected chi connectivity index (χ4v) is 4.84. The Balaban J connectivity index is 1.92. The lowest BCUT2D eigenvalue weighted by molar-refractivity contribution is 0.503. The van der Waals surface area contributed by atoms with Gasteiger partial charge in [0.25, 0.3) is 0 Å². The van der Waals surface area contributed by atoms with E-state index in [0.29, 0.717) is 22.0 Å². The van der Waals surface area contributed by atoms with Crippen molar-refractivity contribution in [3.63, 3.8) is 0 Å². The highest BCUT2D eigenvalue weighted by atomic mass is 35.5. The van der Waals surface area contributed by atoms with Gasteiger partial charge in [-0.15, -0.1) is 0 Å². The van der Waals surface area contributed by atoms with Crippen molar-refractivity contribution >= 4 is 33.2 Å². The van der Waals surface area contributed by atoms with Crippen LogP contribution >= 0.6 is 23.2 Å². The van der Waals surface area contributed by atoms with Gasteiger partial charge in [-0.1, -0.05) is 47.5 Å². The molecule has 0 aliphatic rings. The predicted molar refractivity (Wildman–Crippen MR) is 120 cm³/mol. The van der Waals surface area contributed by atoms with E-state index in [1.165, 1.54) is 12.1 Å². The van der Waals surface area contributed by atoms with Crippen LogP contribution in [0.1, 0.15) is 29.5 Å². The fourth-order valence-electron chi connectivity index (χ4n) is 3.31. The molecule has 0 heterocycles. The van der Waals surface area contributed by atoms with Gasteiger partial charge in [0.05, 0.1) is 16.5 Å². The van der Waals surface area contributed by atoms with E-state index in [-0.39, 0.29) is 10.8 Å². The molecule has 0 bridgehead atoms. The molecule has 30 heavy (non-hydrogen) atoms. The number of rotatable bonds is 7. The molecular weight excluding hydrogens is 439 g/mol. The quantitative estimate of drug-likeness (QED) is 0.503. The Morgan fingerprint density at radius 1 is 0.967 bits per heavy atom. The minimum atomic E-state index is -3.74. The molecule has 154 valence electrons. The van der Waals surface area contributed by atoms with Gasteiger partial charge in [-0.3, -0.25) is 0 Å². The number of benzene rings is 3. The summed E-state index contributed by atoms with van der Waals surface area (Å²) in [6.45, 7) is 1.83. The van der Waals surface area contributed by atoms with Crippen molar-refractivity contribution in [3.8, 4) is 6.07 Å². The number of nitrogens with one attached hydrogen (secondary N) is 1. The molecule has 2 atom stereocenters. The lowest BCUT2D eigenvalue weighted by Gasteiger charge is -2.26. The smallest absolute Gasteiger partial charge is 0.208 e. The Morgan fingerprint density at radius 3 is 2.17 bits per heavy atom. The maximum atomic E-state index is 12.9. The molecule has 0 saturated heterocycles. The zero-order chi connectivity index (χ0) is 21.7. The number of nitrogens with zero attached hydrogens (tertiary/aromatic N) is 1. The van der Waals surface area contributed by atoms with Gasteiger partial charge in [-0.05, 0) is 73.0 Å². The minimum absolute atomic E-state index is 0.148. The SMILES string of the molecule is CC(NS(=O)(=O)c1ccc(Cl)cc1)C(Cc1ccc(Cl)cc1)c1cccc(C#N)c1. The fraction of sp³-hybridized carbons (Fsp3) is 0.174. The van der Waals surface area contributed by atoms with E-state index in [0.717, 1.165) is 11.1 Å². The number of sulfonamides is 1. The van der Waals surface area contributed by atoms with Crippen LogP contribution in [-0.2, 0) is 16.4 Å². The zero-order valence-corrected chi connectivity index (χ0v) is 18.5. The highest BCUT2D eigenvalue weighted by Crippen LogP contribution is 2.27. The monoisotopic (exact) mass is 458 g/mol. The van der Waals surface area contributed by atoms with Crippen LogP contribution in [0.15, 0.2) is 77.7 Å². The van der Waals surface area contributed by atoms with Crippen molar-refractivity contribution < 1.29 is 8.42 Å². The van der Waals surface area contributed by atoms with Crippen molar-refractivity contribution in [2.45, 2.75) is 30.2 Å². The van der Waals surface area contributed by atoms with Crippen LogP contribution in [0.3, 0.4) is 0 Å². The van der Waals surface area contributed by atoms with E-state index in [4.69, 9.17) is 23.2 Å². The average Bonchev–Trinajstić information content (AvgIpc) is 2.73. The van der Waals surface area contributed by atoms with Crippen molar-refractivity contribution in [1.29, 1.82) is 5.26 Å². The van der Waals surface area contributed by atoms with Gasteiger partial charge in [0.15, 0.2) is 0 Å². The molecule has 0 radical (unpaired) electrons. The molecule has 7 heteroatoms. The Labute approximate surface area is 187 Å². The van der Waals surface area contributed by atoms with Gasteiger partial charge < -0.3 is 0 Å². The van der Waals surface area contributed by atoms with Gasteiger partial charge in [0.1, 0.15) is 0 Å². The van der Waals surface area contributed by atoms with E-state index < -0.39 is 16.1 Å². The standard InChI is InChI=1S/C23H20Cl2N2O2S/c1-16(27-30(28,29)22-11-9-21(25)10-12-22)23(14-17-5-7-20(24)8-6-17)19-4-2-3-18(13-19)15-26/h2-13,16,23,27H,14H2,1H3. The molecule has 0 spiro atoms. The molecule has 2 unspecified atom stereocenters. The van der Waals surface area contributed by atoms with Gasteiger partial charge in [-0.25, -0.2) is 13.1 Å². The number of nitriles is 1. The first-order valence-electron chi connectivity index (χ1n) is 9.31. The second-order valence-electron chi connectivity index (χ2n) is 7.04. The number of hydrogen-bond donors (Lipinski definition) is 1. The average molecular weight is 459 g/mol. The molecule has 0 aliphatic heterocycles. The van der Waals surface area contributed by atoms with Crippen molar-refractivity contribution in [1.82, 2.24) is 4.72 Å². The first-order valence-corrected chi connectivity index (χ1v) is 11.5. The van der Waals surface area contributed by atoms with Gasteiger partial charge >= 0.3 is 0 Å². The third-order valence-corrected chi connectivity index (χ3v) is 6.96. The molecule has 3 aromatic rings. The van der Waals surface area contributed by atoms with Gasteiger partial charge in [0.2, 0.25) is 10.0 Å². The van der Waals surface area contributed by atoms with E-state index in [9.17, 15) is 13.7 Å². The minimum Gasteiger partial charge on any atom is -0.208 e. The normalized spacial score (nSPS) is 13.4. The number of halogens is 2. The molecule has 0 aliphatic carbocycles. The van der Waals surface area contributed by atoms with Crippen LogP contribution in [0.25, 0.3) is 0 Å². The molecule has 3 aromatic carbocycles. The van der Waals surface area contributed by atoms with E-state index >= 15 is 0 Å². The molecule has 3 rings (SSSR count). The lowest BCUT2D eigenvalue weighted by Crippen LogP contribution is -2.37. The molecule has 0 saturated carbocycles. The summed E-state index contributed by atoms with van der Waals surface area (Å²) < 4.78 is 28.6. The van der Waals surface area contributed by atoms with Crippen molar-refractivity contribution in [2.75, 3.05) is 0 Å². The molecule has 0 amide bonds. The van der Waals surface area contributed by atoms with Gasteiger partial charge in [0, 0.05) is 22.0 Å². The second kappa shape index (κ2) is 9.63. The molecule has 0 fully saturated rings. The van der Waals surface area contributed by atoms with E-state index in [2.05, 4.69) is 10.8 Å². The Bertz CT molecular complexity index is 1160. The Kier molecular flexibility index (Phi) is 7.17. The first-order chi connectivity index (χ1) is 14.3. The summed E-state index contributed by atoms with van der Waals surface area (Å²) in [6.07, 6.45) is 0.580. The third-order valence-electron chi connectivity index (χ3n) is 4.88. The van der Waals surface area contributed by atoms with E-state index in [1.54, 1.807) is 24.3 Å². The topological polar surface area (TPSA) is 70.0 Å². The predicted octanol–water partition coefficient (Wildman–Crippen LogP) is 5.56. The lowest BCUT2D eigenvalue weighted by atomic mass is 9.86. The summed E-state index contributed by atoms with van der Waals surface area (Å²) in [5.41, 5.74) is 2.43. The summed E-state index contributed by atoms with van der Waals surface area (Å²) in [6, 6.07) is 22.4. The summed E-state index contributed by atoms with van der Waals surface area (Å²) >= 11 is 11.9. The summed E-state index contributed by atoms with van der Waals surface area (Å²) in [5, 5.41) is 10.4. The third kappa shape index (κ3) is 5.62. The summed E-state index contributed by atoms with van der Waals surface area (Å²) in [4.78, 5) is 0.148. The van der Waals surface area contributed by atoms with Crippen molar-refractivity contribution in [3.05, 3.63) is 99.5 Å². The molecule has 1 N–H and O–H groups in total. The zero-order valence-electron chi connectivity index (χ0n) is 16.2. The van der Waals surface area contributed by atoms with Crippen LogP contribution < -0.4 is 4.72 Å². The largest absolute Gasteiger partial charge is 0.240 e. The van der Waals surface area contributed by atoms with Crippen LogP contribution in [-0.4, -0.2) is 14.5 Å². The van der Waals surface area contributed by atoms with Crippen LogP contribution in [0.4, 0.5) is 0 Å². The van der Waals surface area contributed by atoms with E-state index in [1.807, 2.05) is 43.3 Å². The first kappa shape index (κ1) is 22.3. The maximum Gasteiger partial charge on any atom is 0.240 e. The second-order valence-corrected chi connectivity index (χ2v) is 9.63. The summed E-state index contributed by atoms with van der Waals surface area (Å²) in [5.74, 6) is -0.193. The Hall–Kier alpha value is -2.36. The Morgan fingerprint density at radius 2 is 1.57 bits per heavy atom. The highest BCUT2D eigenvalue weighted by Gasteiger charge is 2.26. The molecular formula is C23H20Cl2N2O2S. The summed E-state index contributed by atoms with van der Waals surface area (Å²) in [7, 11) is -3.74. The molecule has 0 aromatic heterocycles. The van der Waals surface area contributed by atoms with Crippen LogP contribution in [0.2, 0.25) is 10.0 Å². The maximum absolute atomic E-state index is 12.9. The molecule has 4 nitrogen and oxygen atoms in total. The van der Waals surface area contributed by atoms with Crippen LogP contribution in [0.5, 0.6) is 0 Å². The highest BCUT2D eigenvalue weighted by molar-refractivity contribution is 7.89. The van der Waals surface area contributed by atoms with Crippen LogP contribution in [0, 0.1) is 11.3 Å². The number of hydrogen-bond acceptors (Lipinski definition) is 3.